The molecule has 0 aliphatic heterocycles. The first-order chi connectivity index (χ1) is 13.5. The summed E-state index contributed by atoms with van der Waals surface area (Å²) < 4.78 is 54.8. The van der Waals surface area contributed by atoms with E-state index in [4.69, 9.17) is 12.6 Å². The smallest absolute Gasteiger partial charge is 0.257 e. The number of furan rings is 1. The number of fused-ring (bicyclic) bond motifs is 3. The topological polar surface area (TPSA) is 17.0 Å². The molecule has 23 heavy (non-hydrogen) atoms. The fraction of sp³-hybridized carbons (Fsp3) is 0.190. The van der Waals surface area contributed by atoms with Gasteiger partial charge in [-0.1, -0.05) is 24.3 Å². The van der Waals surface area contributed by atoms with Gasteiger partial charge in [-0.25, -0.2) is 0 Å². The van der Waals surface area contributed by atoms with Crippen LogP contribution in [0.15, 0.2) is 53.1 Å². The lowest BCUT2D eigenvalue weighted by Gasteiger charge is -2.06. The molecule has 4 aromatic rings. The second kappa shape index (κ2) is 4.95. The van der Waals surface area contributed by atoms with Crippen molar-refractivity contribution in [3.63, 3.8) is 0 Å². The Kier molecular flexibility index (Phi) is 1.91. The normalized spacial score (nSPS) is 16.4. The van der Waals surface area contributed by atoms with Crippen molar-refractivity contribution in [3.8, 4) is 5.69 Å². The van der Waals surface area contributed by atoms with E-state index in [-0.39, 0.29) is 11.1 Å². The summed E-state index contributed by atoms with van der Waals surface area (Å²) >= 11 is 0. The molecule has 114 valence electrons. The SMILES string of the molecule is [2H]C([2H])([2H])c1cc(C)[n+](-c2c(C)ccc3c2oc2ccccc23)cc1C([2H])([2H])[2H]. The van der Waals surface area contributed by atoms with Gasteiger partial charge in [0.2, 0.25) is 5.58 Å². The summed E-state index contributed by atoms with van der Waals surface area (Å²) in [5.74, 6) is 0. The molecule has 0 spiro atoms. The molecule has 0 aliphatic carbocycles. The van der Waals surface area contributed by atoms with E-state index in [1.54, 1.807) is 11.5 Å². The zero-order chi connectivity index (χ0) is 21.1. The number of rotatable bonds is 1. The van der Waals surface area contributed by atoms with Crippen LogP contribution in [0.3, 0.4) is 0 Å². The van der Waals surface area contributed by atoms with Gasteiger partial charge >= 0.3 is 0 Å². The Labute approximate surface area is 144 Å². The van der Waals surface area contributed by atoms with Crippen molar-refractivity contribution in [3.05, 3.63) is 71.0 Å². The van der Waals surface area contributed by atoms with Gasteiger partial charge in [0.25, 0.3) is 5.69 Å². The van der Waals surface area contributed by atoms with Gasteiger partial charge in [0, 0.05) is 43.1 Å². The fourth-order valence-electron chi connectivity index (χ4n) is 3.07. The minimum atomic E-state index is -2.56. The maximum Gasteiger partial charge on any atom is 0.257 e. The third-order valence-corrected chi connectivity index (χ3v) is 4.24. The minimum absolute atomic E-state index is 0.152. The molecule has 2 aromatic carbocycles. The number of hydrogen-bond donors (Lipinski definition) is 0. The molecule has 2 nitrogen and oxygen atoms in total. The van der Waals surface area contributed by atoms with E-state index >= 15 is 0 Å². The van der Waals surface area contributed by atoms with Gasteiger partial charge in [0.1, 0.15) is 5.58 Å². The highest BCUT2D eigenvalue weighted by atomic mass is 16.3. The second-order valence-electron chi connectivity index (χ2n) is 5.82. The van der Waals surface area contributed by atoms with Crippen LogP contribution in [-0.4, -0.2) is 0 Å². The van der Waals surface area contributed by atoms with Crippen LogP contribution in [0, 0.1) is 27.6 Å². The molecule has 0 amide bonds. The average Bonchev–Trinajstić information content (AvgIpc) is 2.98. The molecular weight excluding hydrogens is 282 g/mol. The van der Waals surface area contributed by atoms with Crippen molar-refractivity contribution >= 4 is 21.9 Å². The van der Waals surface area contributed by atoms with Crippen molar-refractivity contribution in [2.45, 2.75) is 27.6 Å². The Morgan fingerprint density at radius 1 is 0.913 bits per heavy atom. The maximum absolute atomic E-state index is 7.87. The molecule has 4 rings (SSSR count). The molecule has 0 saturated carbocycles. The summed E-state index contributed by atoms with van der Waals surface area (Å²) in [5, 5.41) is 1.89. The summed E-state index contributed by atoms with van der Waals surface area (Å²) in [6.45, 7) is -1.40. The van der Waals surface area contributed by atoms with Crippen LogP contribution in [0.2, 0.25) is 0 Å². The Balaban J connectivity index is 2.10. The molecule has 0 N–H and O–H groups in total. The number of benzene rings is 2. The first-order valence-electron chi connectivity index (χ1n) is 10.5. The maximum atomic E-state index is 7.87. The molecule has 0 aliphatic rings. The van der Waals surface area contributed by atoms with Crippen LogP contribution in [0.5, 0.6) is 0 Å². The van der Waals surface area contributed by atoms with E-state index in [0.717, 1.165) is 21.9 Å². The monoisotopic (exact) mass is 308 g/mol. The summed E-state index contributed by atoms with van der Waals surface area (Å²) in [6, 6.07) is 13.1. The van der Waals surface area contributed by atoms with Crippen molar-refractivity contribution in [2.75, 3.05) is 0 Å². The number of aromatic nitrogens is 1. The Morgan fingerprint density at radius 3 is 2.57 bits per heavy atom. The first-order valence-corrected chi connectivity index (χ1v) is 7.47. The van der Waals surface area contributed by atoms with Crippen LogP contribution in [0.4, 0.5) is 0 Å². The lowest BCUT2D eigenvalue weighted by atomic mass is 10.1. The molecule has 2 heteroatoms. The quantitative estimate of drug-likeness (QED) is 0.447. The van der Waals surface area contributed by atoms with E-state index in [2.05, 4.69) is 0 Å². The van der Waals surface area contributed by atoms with Crippen LogP contribution in [0.25, 0.3) is 27.6 Å². The standard InChI is InChI=1S/C21H20NO/c1-13-9-10-18-17-7-5-6-8-19(17)23-21(18)20(13)22-12-15(3)14(2)11-16(22)4/h5-12H,1-4H3/q+1/i2D3,3D3. The van der Waals surface area contributed by atoms with E-state index < -0.39 is 13.7 Å². The molecule has 0 atom stereocenters. The van der Waals surface area contributed by atoms with E-state index in [1.807, 2.05) is 43.3 Å². The molecule has 0 unspecified atom stereocenters. The van der Waals surface area contributed by atoms with Crippen LogP contribution in [-0.2, 0) is 0 Å². The Hall–Kier alpha value is -2.61. The average molecular weight is 308 g/mol. The van der Waals surface area contributed by atoms with Gasteiger partial charge in [0.15, 0.2) is 11.9 Å². The summed E-state index contributed by atoms with van der Waals surface area (Å²) in [6.07, 6.45) is 1.42. The van der Waals surface area contributed by atoms with Gasteiger partial charge in [-0.3, -0.25) is 0 Å². The highest BCUT2D eigenvalue weighted by molar-refractivity contribution is 6.07. The van der Waals surface area contributed by atoms with Gasteiger partial charge in [-0.15, -0.1) is 0 Å². The lowest BCUT2D eigenvalue weighted by Crippen LogP contribution is -2.35. The first kappa shape index (κ1) is 8.88. The Bertz CT molecular complexity index is 1250. The lowest BCUT2D eigenvalue weighted by molar-refractivity contribution is -0.602. The largest absolute Gasteiger partial charge is 0.449 e. The molecule has 2 heterocycles. The third-order valence-electron chi connectivity index (χ3n) is 4.24. The van der Waals surface area contributed by atoms with Crippen LogP contribution in [0.1, 0.15) is 30.6 Å². The highest BCUT2D eigenvalue weighted by Gasteiger charge is 2.22. The van der Waals surface area contributed by atoms with Crippen LogP contribution >= 0.6 is 0 Å². The third kappa shape index (κ3) is 2.06. The van der Waals surface area contributed by atoms with E-state index in [1.165, 1.54) is 12.3 Å². The second-order valence-corrected chi connectivity index (χ2v) is 5.82. The number of para-hydroxylation sites is 1. The zero-order valence-corrected chi connectivity index (χ0v) is 13.0. The molecular formula is C21H20NO+. The van der Waals surface area contributed by atoms with Crippen molar-refractivity contribution in [1.29, 1.82) is 0 Å². The van der Waals surface area contributed by atoms with Gasteiger partial charge in [-0.2, -0.15) is 4.57 Å². The van der Waals surface area contributed by atoms with Gasteiger partial charge in [-0.05, 0) is 38.3 Å². The molecule has 0 radical (unpaired) electrons. The molecule has 0 saturated heterocycles. The number of nitrogens with zero attached hydrogens (tertiary/aromatic N) is 1. The number of aryl methyl sites for hydroxylation is 4. The molecule has 0 fully saturated rings. The van der Waals surface area contributed by atoms with E-state index in [0.29, 0.717) is 17.0 Å². The minimum Gasteiger partial charge on any atom is -0.449 e. The summed E-state index contributed by atoms with van der Waals surface area (Å²) in [7, 11) is 0. The van der Waals surface area contributed by atoms with Gasteiger partial charge in [0.05, 0.1) is 0 Å². The number of pyridine rings is 1. The van der Waals surface area contributed by atoms with Crippen molar-refractivity contribution < 1.29 is 17.2 Å². The van der Waals surface area contributed by atoms with Gasteiger partial charge < -0.3 is 4.42 Å². The molecule has 0 bridgehead atoms. The highest BCUT2D eigenvalue weighted by Crippen LogP contribution is 2.32. The summed E-state index contributed by atoms with van der Waals surface area (Å²) in [4.78, 5) is 0. The predicted octanol–water partition coefficient (Wildman–Crippen LogP) is 5.10. The van der Waals surface area contributed by atoms with Crippen molar-refractivity contribution in [1.82, 2.24) is 0 Å². The van der Waals surface area contributed by atoms with Crippen molar-refractivity contribution in [2.24, 2.45) is 0 Å². The fourth-order valence-corrected chi connectivity index (χ4v) is 3.07. The summed E-state index contributed by atoms with van der Waals surface area (Å²) in [5.41, 5.74) is 3.25. The predicted molar refractivity (Wildman–Crippen MR) is 94.2 cm³/mol. The van der Waals surface area contributed by atoms with Crippen LogP contribution < -0.4 is 4.57 Å². The zero-order valence-electron chi connectivity index (χ0n) is 19.0. The molecule has 2 aromatic heterocycles. The van der Waals surface area contributed by atoms with E-state index in [9.17, 15) is 0 Å². The Morgan fingerprint density at radius 2 is 1.74 bits per heavy atom. The number of hydrogen-bond acceptors (Lipinski definition) is 1.